The second-order valence-electron chi connectivity index (χ2n) is 3.78. The van der Waals surface area contributed by atoms with E-state index in [2.05, 4.69) is 13.8 Å². The first-order valence-corrected chi connectivity index (χ1v) is 4.84. The van der Waals surface area contributed by atoms with Gasteiger partial charge in [-0.15, -0.1) is 0 Å². The van der Waals surface area contributed by atoms with Crippen molar-refractivity contribution in [3.05, 3.63) is 0 Å². The van der Waals surface area contributed by atoms with E-state index in [1.54, 1.807) is 0 Å². The van der Waals surface area contributed by atoms with Crippen LogP contribution in [0.25, 0.3) is 0 Å². The van der Waals surface area contributed by atoms with E-state index in [1.807, 2.05) is 0 Å². The van der Waals surface area contributed by atoms with Crippen LogP contribution in [0.1, 0.15) is 52.4 Å². The lowest BCUT2D eigenvalue weighted by molar-refractivity contribution is 0.258. The Bertz CT molecular complexity index is 80.0. The standard InChI is InChI=1S/C10H20/c1-3-9(2)10-7-5-4-6-8-10/h9-10H,3-8H2,1-2H3/t9-/m1/s1. The van der Waals surface area contributed by atoms with Gasteiger partial charge in [-0.3, -0.25) is 0 Å². The van der Waals surface area contributed by atoms with Crippen molar-refractivity contribution in [1.29, 1.82) is 0 Å². The minimum Gasteiger partial charge on any atom is -0.0651 e. The maximum atomic E-state index is 2.41. The van der Waals surface area contributed by atoms with E-state index >= 15 is 0 Å². The summed E-state index contributed by atoms with van der Waals surface area (Å²) in [6.45, 7) is 4.73. The van der Waals surface area contributed by atoms with Gasteiger partial charge in [0, 0.05) is 0 Å². The molecule has 60 valence electrons. The molecule has 0 saturated heterocycles. The highest BCUT2D eigenvalue weighted by Gasteiger charge is 2.17. The van der Waals surface area contributed by atoms with Crippen molar-refractivity contribution in [1.82, 2.24) is 0 Å². The Morgan fingerprint density at radius 2 is 1.80 bits per heavy atom. The molecule has 0 heterocycles. The Balaban J connectivity index is 2.24. The Morgan fingerprint density at radius 1 is 1.20 bits per heavy atom. The molecular formula is C10H20. The molecule has 0 amide bonds. The summed E-state index contributed by atoms with van der Waals surface area (Å²) in [6, 6.07) is 0. The zero-order valence-electron chi connectivity index (χ0n) is 7.40. The summed E-state index contributed by atoms with van der Waals surface area (Å²) in [4.78, 5) is 0. The van der Waals surface area contributed by atoms with Crippen LogP contribution in [-0.4, -0.2) is 0 Å². The van der Waals surface area contributed by atoms with Gasteiger partial charge in [0.15, 0.2) is 0 Å². The topological polar surface area (TPSA) is 0 Å². The van der Waals surface area contributed by atoms with Crippen molar-refractivity contribution in [3.8, 4) is 0 Å². The van der Waals surface area contributed by atoms with Crippen molar-refractivity contribution in [2.45, 2.75) is 52.4 Å². The van der Waals surface area contributed by atoms with Gasteiger partial charge in [0.2, 0.25) is 0 Å². The predicted molar refractivity (Wildman–Crippen MR) is 46.0 cm³/mol. The van der Waals surface area contributed by atoms with Crippen LogP contribution in [0.2, 0.25) is 0 Å². The lowest BCUT2D eigenvalue weighted by Crippen LogP contribution is -2.14. The van der Waals surface area contributed by atoms with E-state index in [0.29, 0.717) is 0 Å². The summed E-state index contributed by atoms with van der Waals surface area (Å²) in [7, 11) is 0. The van der Waals surface area contributed by atoms with Gasteiger partial charge < -0.3 is 0 Å². The third-order valence-corrected chi connectivity index (χ3v) is 3.10. The minimum atomic E-state index is 0.986. The van der Waals surface area contributed by atoms with Gasteiger partial charge in [-0.1, -0.05) is 52.4 Å². The lowest BCUT2D eigenvalue weighted by Gasteiger charge is -2.26. The normalized spacial score (nSPS) is 24.6. The van der Waals surface area contributed by atoms with E-state index in [4.69, 9.17) is 0 Å². The van der Waals surface area contributed by atoms with E-state index in [0.717, 1.165) is 11.8 Å². The Hall–Kier alpha value is 0. The fraction of sp³-hybridized carbons (Fsp3) is 1.00. The second kappa shape index (κ2) is 4.00. The number of hydrogen-bond acceptors (Lipinski definition) is 0. The largest absolute Gasteiger partial charge is 0.0651 e. The Morgan fingerprint density at radius 3 is 2.30 bits per heavy atom. The highest BCUT2D eigenvalue weighted by Crippen LogP contribution is 2.30. The minimum absolute atomic E-state index is 0.986. The zero-order valence-corrected chi connectivity index (χ0v) is 7.40. The van der Waals surface area contributed by atoms with Crippen LogP contribution in [0, 0.1) is 11.8 Å². The third-order valence-electron chi connectivity index (χ3n) is 3.10. The highest BCUT2D eigenvalue weighted by atomic mass is 14.2. The molecule has 0 N–H and O–H groups in total. The van der Waals surface area contributed by atoms with Gasteiger partial charge in [-0.05, 0) is 11.8 Å². The average Bonchev–Trinajstić information content (AvgIpc) is 2.05. The van der Waals surface area contributed by atoms with Gasteiger partial charge in [0.05, 0.1) is 0 Å². The van der Waals surface area contributed by atoms with Crippen LogP contribution in [0.5, 0.6) is 0 Å². The molecule has 0 nitrogen and oxygen atoms in total. The summed E-state index contributed by atoms with van der Waals surface area (Å²) in [6.07, 6.45) is 8.88. The van der Waals surface area contributed by atoms with Crippen LogP contribution in [0.3, 0.4) is 0 Å². The van der Waals surface area contributed by atoms with Gasteiger partial charge in [-0.25, -0.2) is 0 Å². The maximum absolute atomic E-state index is 2.41. The monoisotopic (exact) mass is 140 g/mol. The molecule has 1 fully saturated rings. The molecule has 0 aromatic carbocycles. The van der Waals surface area contributed by atoms with Crippen LogP contribution in [-0.2, 0) is 0 Å². The SMILES string of the molecule is CC[C@@H](C)C1CCCCC1. The molecule has 1 aliphatic rings. The molecule has 10 heavy (non-hydrogen) atoms. The van der Waals surface area contributed by atoms with E-state index < -0.39 is 0 Å². The molecule has 0 unspecified atom stereocenters. The van der Waals surface area contributed by atoms with Crippen molar-refractivity contribution in [3.63, 3.8) is 0 Å². The van der Waals surface area contributed by atoms with Crippen LogP contribution in [0.4, 0.5) is 0 Å². The number of rotatable bonds is 2. The Kier molecular flexibility index (Phi) is 3.24. The molecule has 0 aromatic heterocycles. The molecule has 0 heteroatoms. The second-order valence-corrected chi connectivity index (χ2v) is 3.78. The summed E-state index contributed by atoms with van der Waals surface area (Å²) >= 11 is 0. The summed E-state index contributed by atoms with van der Waals surface area (Å²) < 4.78 is 0. The van der Waals surface area contributed by atoms with Crippen LogP contribution >= 0.6 is 0 Å². The van der Waals surface area contributed by atoms with Crippen LogP contribution < -0.4 is 0 Å². The van der Waals surface area contributed by atoms with E-state index in [1.165, 1.54) is 38.5 Å². The van der Waals surface area contributed by atoms with E-state index in [9.17, 15) is 0 Å². The molecule has 0 spiro atoms. The summed E-state index contributed by atoms with van der Waals surface area (Å²) in [5.74, 6) is 2.05. The fourth-order valence-corrected chi connectivity index (χ4v) is 2.04. The van der Waals surface area contributed by atoms with Crippen molar-refractivity contribution in [2.75, 3.05) is 0 Å². The predicted octanol–water partition coefficient (Wildman–Crippen LogP) is 3.61. The first-order valence-electron chi connectivity index (χ1n) is 4.84. The number of hydrogen-bond donors (Lipinski definition) is 0. The molecular weight excluding hydrogens is 120 g/mol. The van der Waals surface area contributed by atoms with E-state index in [-0.39, 0.29) is 0 Å². The van der Waals surface area contributed by atoms with Crippen molar-refractivity contribution in [2.24, 2.45) is 11.8 Å². The Labute approximate surface area is 65.0 Å². The van der Waals surface area contributed by atoms with Gasteiger partial charge in [0.1, 0.15) is 0 Å². The molecule has 0 aromatic rings. The molecule has 1 rings (SSSR count). The molecule has 1 atom stereocenters. The maximum Gasteiger partial charge on any atom is -0.0389 e. The molecule has 0 bridgehead atoms. The first kappa shape index (κ1) is 8.10. The highest BCUT2D eigenvalue weighted by molar-refractivity contribution is 4.69. The quantitative estimate of drug-likeness (QED) is 0.549. The fourth-order valence-electron chi connectivity index (χ4n) is 2.04. The van der Waals surface area contributed by atoms with Crippen LogP contribution in [0.15, 0.2) is 0 Å². The average molecular weight is 140 g/mol. The zero-order chi connectivity index (χ0) is 7.40. The summed E-state index contributed by atoms with van der Waals surface area (Å²) in [5.41, 5.74) is 0. The smallest absolute Gasteiger partial charge is 0.0389 e. The van der Waals surface area contributed by atoms with Crippen molar-refractivity contribution < 1.29 is 0 Å². The molecule has 1 aliphatic carbocycles. The molecule has 1 saturated carbocycles. The molecule has 0 aliphatic heterocycles. The van der Waals surface area contributed by atoms with Gasteiger partial charge >= 0.3 is 0 Å². The lowest BCUT2D eigenvalue weighted by atomic mass is 9.80. The first-order chi connectivity index (χ1) is 4.84. The molecule has 0 radical (unpaired) electrons. The third kappa shape index (κ3) is 2.00. The van der Waals surface area contributed by atoms with Gasteiger partial charge in [-0.2, -0.15) is 0 Å². The van der Waals surface area contributed by atoms with Gasteiger partial charge in [0.25, 0.3) is 0 Å². The summed E-state index contributed by atoms with van der Waals surface area (Å²) in [5, 5.41) is 0. The van der Waals surface area contributed by atoms with Crippen molar-refractivity contribution >= 4 is 0 Å².